The van der Waals surface area contributed by atoms with E-state index in [4.69, 9.17) is 0 Å². The highest BCUT2D eigenvalue weighted by atomic mass is 16.4. The molecule has 0 heterocycles. The Morgan fingerprint density at radius 3 is 2.06 bits per heavy atom. The molecule has 0 saturated heterocycles. The predicted molar refractivity (Wildman–Crippen MR) is 127 cm³/mol. The molecule has 3 N–H and O–H groups in total. The molecule has 3 unspecified atom stereocenters. The van der Waals surface area contributed by atoms with Crippen LogP contribution in [-0.2, 0) is 19.9 Å². The summed E-state index contributed by atoms with van der Waals surface area (Å²) < 4.78 is 0. The molecule has 32 heavy (non-hydrogen) atoms. The first kappa shape index (κ1) is 27.4. The number of hydrogen-bond donors (Lipinski definition) is 3. The van der Waals surface area contributed by atoms with Crippen molar-refractivity contribution in [3.8, 4) is 0 Å². The molecule has 0 bridgehead atoms. The number of carbonyl (C=O) groups excluding carboxylic acids is 2. The molecule has 178 valence electrons. The lowest BCUT2D eigenvalue weighted by molar-refractivity contribution is -0.140. The fourth-order valence-electron chi connectivity index (χ4n) is 3.88. The topological polar surface area (TPSA) is 98.7 Å². The molecule has 0 aliphatic heterocycles. The van der Waals surface area contributed by atoms with Crippen molar-refractivity contribution in [2.45, 2.75) is 65.6 Å². The largest absolute Gasteiger partial charge is 0.478 e. The van der Waals surface area contributed by atoms with E-state index in [1.54, 1.807) is 20.2 Å². The van der Waals surface area contributed by atoms with Gasteiger partial charge in [-0.2, -0.15) is 0 Å². The van der Waals surface area contributed by atoms with Crippen molar-refractivity contribution in [1.29, 1.82) is 0 Å². The highest BCUT2D eigenvalue weighted by molar-refractivity contribution is 5.93. The van der Waals surface area contributed by atoms with E-state index in [9.17, 15) is 19.5 Å². The van der Waals surface area contributed by atoms with E-state index in [-0.39, 0.29) is 29.2 Å². The van der Waals surface area contributed by atoms with Gasteiger partial charge >= 0.3 is 5.97 Å². The molecular weight excluding hydrogens is 406 g/mol. The van der Waals surface area contributed by atoms with Gasteiger partial charge in [0.1, 0.15) is 11.6 Å². The van der Waals surface area contributed by atoms with Crippen LogP contribution >= 0.6 is 0 Å². The number of aliphatic carboxylic acids is 1. The van der Waals surface area contributed by atoms with E-state index in [0.717, 1.165) is 5.56 Å². The quantitative estimate of drug-likeness (QED) is 0.455. The minimum absolute atomic E-state index is 0.00174. The number of carboxylic acids is 1. The Morgan fingerprint density at radius 1 is 1.09 bits per heavy atom. The summed E-state index contributed by atoms with van der Waals surface area (Å²) in [4.78, 5) is 39.8. The van der Waals surface area contributed by atoms with Gasteiger partial charge in [-0.15, -0.1) is 0 Å². The second-order valence-electron chi connectivity index (χ2n) is 8.91. The molecule has 0 aliphatic rings. The third-order valence-electron chi connectivity index (χ3n) is 6.07. The van der Waals surface area contributed by atoms with E-state index in [1.807, 2.05) is 65.0 Å². The summed E-state index contributed by atoms with van der Waals surface area (Å²) in [6.07, 6.45) is 2.10. The van der Waals surface area contributed by atoms with E-state index < -0.39 is 23.6 Å². The van der Waals surface area contributed by atoms with Gasteiger partial charge in [-0.05, 0) is 37.8 Å². The summed E-state index contributed by atoms with van der Waals surface area (Å²) >= 11 is 0. The first-order valence-corrected chi connectivity index (χ1v) is 11.2. The Bertz CT molecular complexity index is 814. The van der Waals surface area contributed by atoms with Crippen LogP contribution in [0.2, 0.25) is 0 Å². The molecule has 1 aromatic carbocycles. The SMILES string of the molecule is CCC(NC)(C(=O)NC(C(=O)N(C)C(/C=C(\C)C(=O)O)C(C)C)C(C)C)c1ccccc1. The Morgan fingerprint density at radius 2 is 1.66 bits per heavy atom. The van der Waals surface area contributed by atoms with Crippen molar-refractivity contribution in [3.05, 3.63) is 47.5 Å². The van der Waals surface area contributed by atoms with Gasteiger partial charge in [0.2, 0.25) is 11.8 Å². The number of likely N-dealkylation sites (N-methyl/N-ethyl adjacent to an activating group) is 2. The number of hydrogen-bond acceptors (Lipinski definition) is 4. The lowest BCUT2D eigenvalue weighted by Gasteiger charge is -2.37. The molecule has 0 saturated carbocycles. The molecule has 1 rings (SSSR count). The fourth-order valence-corrected chi connectivity index (χ4v) is 3.88. The minimum Gasteiger partial charge on any atom is -0.478 e. The van der Waals surface area contributed by atoms with E-state index in [1.165, 1.54) is 11.8 Å². The first-order chi connectivity index (χ1) is 14.9. The van der Waals surface area contributed by atoms with Crippen molar-refractivity contribution in [3.63, 3.8) is 0 Å². The zero-order chi connectivity index (χ0) is 24.6. The standard InChI is InChI=1S/C25H39N3O4/c1-9-25(26-7,19-13-11-10-12-14-19)24(32)27-21(17(4)5)22(29)28(8)20(16(2)3)15-18(6)23(30)31/h10-17,20-21,26H,9H2,1-8H3,(H,27,32)(H,30,31)/b18-15+. The van der Waals surface area contributed by atoms with Crippen molar-refractivity contribution in [2.75, 3.05) is 14.1 Å². The highest BCUT2D eigenvalue weighted by Gasteiger charge is 2.40. The number of carbonyl (C=O) groups is 3. The van der Waals surface area contributed by atoms with Crippen LogP contribution in [0.25, 0.3) is 0 Å². The van der Waals surface area contributed by atoms with Gasteiger partial charge in [0.25, 0.3) is 0 Å². The van der Waals surface area contributed by atoms with Crippen molar-refractivity contribution in [2.24, 2.45) is 11.8 Å². The van der Waals surface area contributed by atoms with Crippen LogP contribution in [0, 0.1) is 11.8 Å². The van der Waals surface area contributed by atoms with Gasteiger partial charge in [-0.3, -0.25) is 9.59 Å². The monoisotopic (exact) mass is 445 g/mol. The first-order valence-electron chi connectivity index (χ1n) is 11.2. The van der Waals surface area contributed by atoms with E-state index in [2.05, 4.69) is 10.6 Å². The molecular formula is C25H39N3O4. The summed E-state index contributed by atoms with van der Waals surface area (Å²) in [7, 11) is 3.39. The summed E-state index contributed by atoms with van der Waals surface area (Å²) in [6.45, 7) is 11.1. The van der Waals surface area contributed by atoms with Crippen molar-refractivity contribution < 1.29 is 19.5 Å². The summed E-state index contributed by atoms with van der Waals surface area (Å²) in [6, 6.07) is 8.28. The number of nitrogens with one attached hydrogen (secondary N) is 2. The number of benzene rings is 1. The number of amides is 2. The van der Waals surface area contributed by atoms with Gasteiger partial charge in [-0.1, -0.05) is 71.0 Å². The Hall–Kier alpha value is -2.67. The minimum atomic E-state index is -1.02. The van der Waals surface area contributed by atoms with Crippen LogP contribution in [0.3, 0.4) is 0 Å². The fraction of sp³-hybridized carbons (Fsp3) is 0.560. The van der Waals surface area contributed by atoms with Crippen LogP contribution in [-0.4, -0.2) is 54.0 Å². The maximum Gasteiger partial charge on any atom is 0.331 e. The third kappa shape index (κ3) is 6.19. The zero-order valence-electron chi connectivity index (χ0n) is 20.6. The lowest BCUT2D eigenvalue weighted by atomic mass is 9.85. The molecule has 7 heteroatoms. The van der Waals surface area contributed by atoms with Crippen LogP contribution in [0.1, 0.15) is 53.5 Å². The average Bonchev–Trinajstić information content (AvgIpc) is 2.76. The Labute approximate surface area is 192 Å². The number of carboxylic acid groups (broad SMARTS) is 1. The van der Waals surface area contributed by atoms with Crippen LogP contribution in [0.15, 0.2) is 42.0 Å². The normalized spacial score (nSPS) is 15.8. The van der Waals surface area contributed by atoms with E-state index in [0.29, 0.717) is 6.42 Å². The smallest absolute Gasteiger partial charge is 0.331 e. The van der Waals surface area contributed by atoms with Gasteiger partial charge in [0, 0.05) is 12.6 Å². The zero-order valence-corrected chi connectivity index (χ0v) is 20.6. The maximum absolute atomic E-state index is 13.5. The molecule has 0 spiro atoms. The second-order valence-corrected chi connectivity index (χ2v) is 8.91. The van der Waals surface area contributed by atoms with Crippen molar-refractivity contribution >= 4 is 17.8 Å². The average molecular weight is 446 g/mol. The maximum atomic E-state index is 13.5. The Balaban J connectivity index is 3.26. The number of nitrogens with zero attached hydrogens (tertiary/aromatic N) is 1. The third-order valence-corrected chi connectivity index (χ3v) is 6.07. The predicted octanol–water partition coefficient (Wildman–Crippen LogP) is 3.17. The van der Waals surface area contributed by atoms with Crippen LogP contribution in [0.5, 0.6) is 0 Å². The molecule has 0 fully saturated rings. The molecule has 7 nitrogen and oxygen atoms in total. The van der Waals surface area contributed by atoms with Crippen LogP contribution in [0.4, 0.5) is 0 Å². The van der Waals surface area contributed by atoms with Gasteiger partial charge in [0.15, 0.2) is 0 Å². The molecule has 0 radical (unpaired) electrons. The van der Waals surface area contributed by atoms with Crippen LogP contribution < -0.4 is 10.6 Å². The molecule has 2 amide bonds. The molecule has 1 aromatic rings. The summed E-state index contributed by atoms with van der Waals surface area (Å²) in [5, 5.41) is 15.4. The lowest BCUT2D eigenvalue weighted by Crippen LogP contribution is -2.60. The summed E-state index contributed by atoms with van der Waals surface area (Å²) in [5.74, 6) is -1.70. The van der Waals surface area contributed by atoms with Gasteiger partial charge in [-0.25, -0.2) is 4.79 Å². The van der Waals surface area contributed by atoms with Crippen molar-refractivity contribution in [1.82, 2.24) is 15.5 Å². The second kappa shape index (κ2) is 11.8. The molecule has 3 atom stereocenters. The Kier molecular flexibility index (Phi) is 10.1. The number of rotatable bonds is 11. The molecule has 0 aliphatic carbocycles. The van der Waals surface area contributed by atoms with E-state index >= 15 is 0 Å². The van der Waals surface area contributed by atoms with Gasteiger partial charge in [0.05, 0.1) is 6.04 Å². The van der Waals surface area contributed by atoms with Gasteiger partial charge < -0.3 is 20.6 Å². The summed E-state index contributed by atoms with van der Waals surface area (Å²) in [5.41, 5.74) is 0.0356. The highest BCUT2D eigenvalue weighted by Crippen LogP contribution is 2.26. The molecule has 0 aromatic heterocycles.